The van der Waals surface area contributed by atoms with E-state index in [2.05, 4.69) is 20.4 Å². The van der Waals surface area contributed by atoms with Crippen LogP contribution in [0.4, 0.5) is 15.8 Å². The largest absolute Gasteiger partial charge is 0.321 e. The molecule has 1 aromatic carbocycles. The lowest BCUT2D eigenvalue weighted by Gasteiger charge is -2.06. The molecule has 0 saturated heterocycles. The van der Waals surface area contributed by atoms with Gasteiger partial charge in [0.1, 0.15) is 12.7 Å². The maximum atomic E-state index is 13.6. The number of hydrogen-bond donors (Lipinski definition) is 1. The molecule has 10 heteroatoms. The summed E-state index contributed by atoms with van der Waals surface area (Å²) in [5, 5.41) is 17.0. The third-order valence-electron chi connectivity index (χ3n) is 3.07. The number of carbonyl (C=O) groups is 1. The number of aromatic nitrogens is 4. The van der Waals surface area contributed by atoms with E-state index >= 15 is 0 Å². The van der Waals surface area contributed by atoms with Crippen LogP contribution in [0, 0.1) is 15.9 Å². The summed E-state index contributed by atoms with van der Waals surface area (Å²) in [5.41, 5.74) is -0.355. The number of carbonyl (C=O) groups excluding carboxylic acids is 1. The second-order valence-electron chi connectivity index (χ2n) is 4.62. The zero-order valence-electron chi connectivity index (χ0n) is 12.0. The number of halogens is 1. The van der Waals surface area contributed by atoms with Crippen LogP contribution in [-0.4, -0.2) is 30.6 Å². The van der Waals surface area contributed by atoms with E-state index in [0.29, 0.717) is 11.5 Å². The fourth-order valence-electron chi connectivity index (χ4n) is 1.92. The molecule has 0 atom stereocenters. The van der Waals surface area contributed by atoms with Crippen molar-refractivity contribution in [2.45, 2.75) is 0 Å². The van der Waals surface area contributed by atoms with Gasteiger partial charge in [0.25, 0.3) is 5.91 Å². The lowest BCUT2D eigenvalue weighted by Crippen LogP contribution is -2.13. The van der Waals surface area contributed by atoms with Crippen molar-refractivity contribution in [3.05, 3.63) is 70.7 Å². The lowest BCUT2D eigenvalue weighted by molar-refractivity contribution is -0.387. The maximum Gasteiger partial charge on any atom is 0.304 e. The average molecular weight is 328 g/mol. The lowest BCUT2D eigenvalue weighted by atomic mass is 10.2. The van der Waals surface area contributed by atoms with Gasteiger partial charge in [0.15, 0.2) is 5.82 Å². The minimum atomic E-state index is -1.08. The van der Waals surface area contributed by atoms with Crippen LogP contribution < -0.4 is 5.32 Å². The van der Waals surface area contributed by atoms with Gasteiger partial charge < -0.3 is 5.32 Å². The average Bonchev–Trinajstić information content (AvgIpc) is 3.09. The number of rotatable bonds is 4. The molecule has 0 spiro atoms. The molecule has 120 valence electrons. The number of amides is 1. The summed E-state index contributed by atoms with van der Waals surface area (Å²) < 4.78 is 15.0. The van der Waals surface area contributed by atoms with Gasteiger partial charge in [-0.25, -0.2) is 14.6 Å². The van der Waals surface area contributed by atoms with E-state index in [1.54, 1.807) is 12.1 Å². The smallest absolute Gasteiger partial charge is 0.304 e. The monoisotopic (exact) mass is 328 g/mol. The van der Waals surface area contributed by atoms with Crippen molar-refractivity contribution in [1.29, 1.82) is 0 Å². The molecule has 0 aliphatic rings. The van der Waals surface area contributed by atoms with E-state index in [-0.39, 0.29) is 5.56 Å². The van der Waals surface area contributed by atoms with E-state index in [1.165, 1.54) is 29.6 Å². The highest BCUT2D eigenvalue weighted by Gasteiger charge is 2.16. The van der Waals surface area contributed by atoms with Crippen LogP contribution in [0.5, 0.6) is 0 Å². The first-order chi connectivity index (χ1) is 11.5. The number of benzene rings is 1. The van der Waals surface area contributed by atoms with Crippen molar-refractivity contribution < 1.29 is 14.1 Å². The molecule has 0 aliphatic heterocycles. The summed E-state index contributed by atoms with van der Waals surface area (Å²) in [5.74, 6) is -1.18. The fraction of sp³-hybridized carbons (Fsp3) is 0. The highest BCUT2D eigenvalue weighted by molar-refractivity contribution is 6.04. The highest BCUT2D eigenvalue weighted by atomic mass is 19.1. The Hall–Kier alpha value is -3.69. The first-order valence-electron chi connectivity index (χ1n) is 6.61. The second kappa shape index (κ2) is 6.20. The molecule has 24 heavy (non-hydrogen) atoms. The molecule has 2 heterocycles. The molecule has 0 unspecified atom stereocenters. The number of anilines is 1. The predicted molar refractivity (Wildman–Crippen MR) is 80.2 cm³/mol. The summed E-state index contributed by atoms with van der Waals surface area (Å²) in [6.45, 7) is 0. The number of nitro groups is 1. The zero-order valence-corrected chi connectivity index (χ0v) is 12.0. The third-order valence-corrected chi connectivity index (χ3v) is 3.07. The van der Waals surface area contributed by atoms with E-state index in [1.807, 2.05) is 0 Å². The van der Waals surface area contributed by atoms with Crippen molar-refractivity contribution >= 4 is 17.3 Å². The van der Waals surface area contributed by atoms with Gasteiger partial charge >= 0.3 is 5.69 Å². The van der Waals surface area contributed by atoms with E-state index in [0.717, 1.165) is 12.1 Å². The summed E-state index contributed by atoms with van der Waals surface area (Å²) in [4.78, 5) is 29.7. The van der Waals surface area contributed by atoms with Crippen LogP contribution in [-0.2, 0) is 0 Å². The minimum Gasteiger partial charge on any atom is -0.321 e. The summed E-state index contributed by atoms with van der Waals surface area (Å²) in [7, 11) is 0. The number of hydrogen-bond acceptors (Lipinski definition) is 6. The van der Waals surface area contributed by atoms with Gasteiger partial charge in [-0.05, 0) is 24.3 Å². The Morgan fingerprint density at radius 3 is 2.71 bits per heavy atom. The molecule has 3 rings (SSSR count). The zero-order chi connectivity index (χ0) is 17.1. The van der Waals surface area contributed by atoms with Crippen LogP contribution in [0.15, 0.2) is 49.2 Å². The first-order valence-corrected chi connectivity index (χ1v) is 6.61. The van der Waals surface area contributed by atoms with Crippen LogP contribution in [0.1, 0.15) is 10.4 Å². The first kappa shape index (κ1) is 15.2. The molecule has 1 amide bonds. The summed E-state index contributed by atoms with van der Waals surface area (Å²) >= 11 is 0. The molecular weight excluding hydrogens is 319 g/mol. The Morgan fingerprint density at radius 1 is 1.29 bits per heavy atom. The molecule has 0 bridgehead atoms. The Kier molecular flexibility index (Phi) is 3.93. The SMILES string of the molecule is O=C(Nc1ccc(-n2cncn2)nc1)c1ccc([N+](=O)[O-])c(F)c1. The van der Waals surface area contributed by atoms with Gasteiger partial charge in [-0.3, -0.25) is 14.9 Å². The molecule has 3 aromatic rings. The van der Waals surface area contributed by atoms with Gasteiger partial charge in [-0.1, -0.05) is 0 Å². The molecule has 0 aliphatic carbocycles. The van der Waals surface area contributed by atoms with Crippen LogP contribution in [0.25, 0.3) is 5.82 Å². The molecule has 0 fully saturated rings. The number of nitrogens with zero attached hydrogens (tertiary/aromatic N) is 5. The Labute approximate surface area is 133 Å². The van der Waals surface area contributed by atoms with Crippen molar-refractivity contribution in [1.82, 2.24) is 19.7 Å². The maximum absolute atomic E-state index is 13.6. The highest BCUT2D eigenvalue weighted by Crippen LogP contribution is 2.19. The Bertz CT molecular complexity index is 895. The molecule has 1 N–H and O–H groups in total. The van der Waals surface area contributed by atoms with Crippen LogP contribution in [0.3, 0.4) is 0 Å². The standard InChI is InChI=1S/C14H9FN6O3/c15-11-5-9(1-3-12(11)21(23)24)14(22)19-10-2-4-13(17-6-10)20-8-16-7-18-20/h1-8H,(H,19,22). The second-order valence-corrected chi connectivity index (χ2v) is 4.62. The van der Waals surface area contributed by atoms with Gasteiger partial charge in [-0.15, -0.1) is 0 Å². The molecule has 2 aromatic heterocycles. The molecule has 9 nitrogen and oxygen atoms in total. The van der Waals surface area contributed by atoms with Gasteiger partial charge in [0, 0.05) is 11.6 Å². The van der Waals surface area contributed by atoms with Crippen molar-refractivity contribution in [3.8, 4) is 5.82 Å². The number of nitrogens with one attached hydrogen (secondary N) is 1. The van der Waals surface area contributed by atoms with Crippen molar-refractivity contribution in [2.24, 2.45) is 0 Å². The van der Waals surface area contributed by atoms with Gasteiger partial charge in [0.05, 0.1) is 16.8 Å². The van der Waals surface area contributed by atoms with Crippen LogP contribution >= 0.6 is 0 Å². The number of pyridine rings is 1. The Morgan fingerprint density at radius 2 is 2.12 bits per heavy atom. The molecule has 0 radical (unpaired) electrons. The number of nitro benzene ring substituents is 1. The Balaban J connectivity index is 1.75. The topological polar surface area (TPSA) is 116 Å². The quantitative estimate of drug-likeness (QED) is 0.578. The fourth-order valence-corrected chi connectivity index (χ4v) is 1.92. The van der Waals surface area contributed by atoms with Crippen molar-refractivity contribution in [3.63, 3.8) is 0 Å². The molecule has 0 saturated carbocycles. The minimum absolute atomic E-state index is 0.0431. The van der Waals surface area contributed by atoms with Crippen LogP contribution in [0.2, 0.25) is 0 Å². The third kappa shape index (κ3) is 3.06. The normalized spacial score (nSPS) is 10.4. The molecular formula is C14H9FN6O3. The predicted octanol–water partition coefficient (Wildman–Crippen LogP) is 1.96. The van der Waals surface area contributed by atoms with E-state index in [9.17, 15) is 19.3 Å². The summed E-state index contributed by atoms with van der Waals surface area (Å²) in [6.07, 6.45) is 4.23. The van der Waals surface area contributed by atoms with E-state index in [4.69, 9.17) is 0 Å². The van der Waals surface area contributed by atoms with Gasteiger partial charge in [-0.2, -0.15) is 9.49 Å². The van der Waals surface area contributed by atoms with Gasteiger partial charge in [0.2, 0.25) is 5.82 Å². The van der Waals surface area contributed by atoms with Crippen molar-refractivity contribution in [2.75, 3.05) is 5.32 Å². The summed E-state index contributed by atoms with van der Waals surface area (Å²) in [6, 6.07) is 6.12. The van der Waals surface area contributed by atoms with E-state index < -0.39 is 22.3 Å².